The monoisotopic (exact) mass is 209 g/mol. The van der Waals surface area contributed by atoms with Crippen molar-refractivity contribution in [3.05, 3.63) is 23.5 Å². The lowest BCUT2D eigenvalue weighted by Crippen LogP contribution is -2.18. The molecule has 84 valence electrons. The Kier molecular flexibility index (Phi) is 3.22. The second kappa shape index (κ2) is 4.09. The molecule has 15 heavy (non-hydrogen) atoms. The number of aromatic nitrogens is 1. The largest absolute Gasteiger partial charge is 0.461 e. The number of hydrogen-bond acceptors (Lipinski definition) is 2. The molecule has 0 amide bonds. The van der Waals surface area contributed by atoms with Gasteiger partial charge in [-0.05, 0) is 19.1 Å². The maximum Gasteiger partial charge on any atom is 0.354 e. The van der Waals surface area contributed by atoms with Crippen LogP contribution in [-0.4, -0.2) is 17.1 Å². The van der Waals surface area contributed by atoms with Gasteiger partial charge in [-0.3, -0.25) is 0 Å². The molecule has 0 atom stereocenters. The van der Waals surface area contributed by atoms with E-state index in [-0.39, 0.29) is 11.4 Å². The smallest absolute Gasteiger partial charge is 0.354 e. The molecule has 0 radical (unpaired) electrons. The van der Waals surface area contributed by atoms with Gasteiger partial charge in [0.1, 0.15) is 5.69 Å². The average molecular weight is 209 g/mol. The Morgan fingerprint density at radius 1 is 1.40 bits per heavy atom. The first-order valence-corrected chi connectivity index (χ1v) is 5.21. The van der Waals surface area contributed by atoms with Crippen molar-refractivity contribution >= 4 is 5.97 Å². The Morgan fingerprint density at radius 2 is 2.00 bits per heavy atom. The lowest BCUT2D eigenvalue weighted by atomic mass is 9.92. The number of ether oxygens (including phenoxy) is 1. The summed E-state index contributed by atoms with van der Waals surface area (Å²) in [5.41, 5.74) is 1.78. The van der Waals surface area contributed by atoms with Crippen molar-refractivity contribution in [1.29, 1.82) is 0 Å². The summed E-state index contributed by atoms with van der Waals surface area (Å²) >= 11 is 0. The highest BCUT2D eigenvalue weighted by Gasteiger charge is 2.21. The number of esters is 1. The molecule has 1 aromatic heterocycles. The van der Waals surface area contributed by atoms with E-state index in [1.54, 1.807) is 0 Å². The summed E-state index contributed by atoms with van der Waals surface area (Å²) < 4.78 is 6.88. The molecule has 0 bridgehead atoms. The predicted molar refractivity (Wildman–Crippen MR) is 60.1 cm³/mol. The third kappa shape index (κ3) is 2.41. The quantitative estimate of drug-likeness (QED) is 0.701. The summed E-state index contributed by atoms with van der Waals surface area (Å²) in [6.45, 7) is 8.59. The zero-order valence-corrected chi connectivity index (χ0v) is 10.1. The molecule has 0 aliphatic carbocycles. The van der Waals surface area contributed by atoms with E-state index in [1.807, 2.05) is 30.7 Å². The molecular weight excluding hydrogens is 190 g/mol. The molecule has 0 N–H and O–H groups in total. The van der Waals surface area contributed by atoms with Gasteiger partial charge >= 0.3 is 5.97 Å². The van der Waals surface area contributed by atoms with Crippen LogP contribution in [-0.2, 0) is 17.2 Å². The molecule has 1 rings (SSSR count). The van der Waals surface area contributed by atoms with E-state index in [2.05, 4.69) is 20.8 Å². The summed E-state index contributed by atoms with van der Waals surface area (Å²) in [4.78, 5) is 11.6. The van der Waals surface area contributed by atoms with Gasteiger partial charge in [0.05, 0.1) is 6.61 Å². The summed E-state index contributed by atoms with van der Waals surface area (Å²) in [5, 5.41) is 0. The predicted octanol–water partition coefficient (Wildman–Crippen LogP) is 2.50. The zero-order chi connectivity index (χ0) is 11.6. The number of carbonyl (C=O) groups is 1. The first-order valence-electron chi connectivity index (χ1n) is 5.21. The molecule has 3 nitrogen and oxygen atoms in total. The first-order chi connectivity index (χ1) is 6.88. The fourth-order valence-corrected chi connectivity index (χ4v) is 1.67. The van der Waals surface area contributed by atoms with Gasteiger partial charge < -0.3 is 9.30 Å². The van der Waals surface area contributed by atoms with E-state index in [0.29, 0.717) is 12.3 Å². The summed E-state index contributed by atoms with van der Waals surface area (Å²) in [6.07, 6.45) is 0. The Bertz CT molecular complexity index is 358. The van der Waals surface area contributed by atoms with Gasteiger partial charge in [0.25, 0.3) is 0 Å². The molecule has 3 heteroatoms. The van der Waals surface area contributed by atoms with Crippen LogP contribution in [0.4, 0.5) is 0 Å². The lowest BCUT2D eigenvalue weighted by molar-refractivity contribution is 0.0514. The van der Waals surface area contributed by atoms with E-state index in [1.165, 1.54) is 0 Å². The van der Waals surface area contributed by atoms with E-state index in [4.69, 9.17) is 4.74 Å². The van der Waals surface area contributed by atoms with Crippen LogP contribution in [0.5, 0.6) is 0 Å². The summed E-state index contributed by atoms with van der Waals surface area (Å²) in [5.74, 6) is -0.254. The fourth-order valence-electron chi connectivity index (χ4n) is 1.67. The maximum absolute atomic E-state index is 11.6. The maximum atomic E-state index is 11.6. The average Bonchev–Trinajstić information content (AvgIpc) is 2.46. The molecule has 0 fully saturated rings. The van der Waals surface area contributed by atoms with Crippen LogP contribution in [0.25, 0.3) is 0 Å². The highest BCUT2D eigenvalue weighted by Crippen LogP contribution is 2.23. The molecule has 1 heterocycles. The van der Waals surface area contributed by atoms with Gasteiger partial charge in [-0.1, -0.05) is 20.8 Å². The Labute approximate surface area is 91.0 Å². The van der Waals surface area contributed by atoms with Crippen LogP contribution < -0.4 is 0 Å². The third-order valence-electron chi connectivity index (χ3n) is 2.37. The Balaban J connectivity index is 3.04. The SMILES string of the molecule is CCOC(=O)c1ccc(C(C)(C)C)n1C. The third-order valence-corrected chi connectivity index (χ3v) is 2.37. The molecule has 1 aromatic rings. The van der Waals surface area contributed by atoms with Crippen molar-refractivity contribution in [2.45, 2.75) is 33.1 Å². The minimum atomic E-state index is -0.254. The Morgan fingerprint density at radius 3 is 2.40 bits per heavy atom. The number of rotatable bonds is 2. The Hall–Kier alpha value is -1.25. The van der Waals surface area contributed by atoms with E-state index in [0.717, 1.165) is 5.69 Å². The van der Waals surface area contributed by atoms with Crippen LogP contribution >= 0.6 is 0 Å². The number of carbonyl (C=O) groups excluding carboxylic acids is 1. The molecule has 0 saturated carbocycles. The van der Waals surface area contributed by atoms with Gasteiger partial charge in [-0.15, -0.1) is 0 Å². The van der Waals surface area contributed by atoms with E-state index >= 15 is 0 Å². The van der Waals surface area contributed by atoms with E-state index < -0.39 is 0 Å². The molecule has 0 spiro atoms. The van der Waals surface area contributed by atoms with E-state index in [9.17, 15) is 4.79 Å². The molecular formula is C12H19NO2. The van der Waals surface area contributed by atoms with Gasteiger partial charge in [0, 0.05) is 18.2 Å². The second-order valence-corrected chi connectivity index (χ2v) is 4.63. The van der Waals surface area contributed by atoms with Gasteiger partial charge in [0.2, 0.25) is 0 Å². The highest BCUT2D eigenvalue weighted by molar-refractivity contribution is 5.88. The summed E-state index contributed by atoms with van der Waals surface area (Å²) in [7, 11) is 1.90. The second-order valence-electron chi connectivity index (χ2n) is 4.63. The molecule has 0 aromatic carbocycles. The fraction of sp³-hybridized carbons (Fsp3) is 0.583. The molecule has 0 saturated heterocycles. The normalized spacial score (nSPS) is 11.5. The van der Waals surface area contributed by atoms with Gasteiger partial charge in [0.15, 0.2) is 0 Å². The number of nitrogens with zero attached hydrogens (tertiary/aromatic N) is 1. The van der Waals surface area contributed by atoms with Gasteiger partial charge in [-0.25, -0.2) is 4.79 Å². The van der Waals surface area contributed by atoms with Crippen LogP contribution in [0.1, 0.15) is 43.9 Å². The van der Waals surface area contributed by atoms with Crippen molar-refractivity contribution in [1.82, 2.24) is 4.57 Å². The first kappa shape index (κ1) is 11.8. The molecule has 0 unspecified atom stereocenters. The van der Waals surface area contributed by atoms with Crippen LogP contribution in [0.3, 0.4) is 0 Å². The van der Waals surface area contributed by atoms with Gasteiger partial charge in [-0.2, -0.15) is 0 Å². The number of hydrogen-bond donors (Lipinski definition) is 0. The van der Waals surface area contributed by atoms with Crippen molar-refractivity contribution in [3.8, 4) is 0 Å². The van der Waals surface area contributed by atoms with Crippen LogP contribution in [0.15, 0.2) is 12.1 Å². The minimum Gasteiger partial charge on any atom is -0.461 e. The molecule has 0 aliphatic rings. The van der Waals surface area contributed by atoms with Crippen molar-refractivity contribution in [2.24, 2.45) is 7.05 Å². The minimum absolute atomic E-state index is 0.0412. The van der Waals surface area contributed by atoms with Crippen molar-refractivity contribution < 1.29 is 9.53 Å². The summed E-state index contributed by atoms with van der Waals surface area (Å²) in [6, 6.07) is 3.80. The molecule has 0 aliphatic heterocycles. The van der Waals surface area contributed by atoms with Crippen molar-refractivity contribution in [3.63, 3.8) is 0 Å². The highest BCUT2D eigenvalue weighted by atomic mass is 16.5. The lowest BCUT2D eigenvalue weighted by Gasteiger charge is -2.20. The van der Waals surface area contributed by atoms with Crippen molar-refractivity contribution in [2.75, 3.05) is 6.61 Å². The topological polar surface area (TPSA) is 31.2 Å². The standard InChI is InChI=1S/C12H19NO2/c1-6-15-11(14)9-7-8-10(13(9)5)12(2,3)4/h7-8H,6H2,1-5H3. The van der Waals surface area contributed by atoms with Crippen LogP contribution in [0.2, 0.25) is 0 Å². The zero-order valence-electron chi connectivity index (χ0n) is 10.1. The van der Waals surface area contributed by atoms with Crippen LogP contribution in [0, 0.1) is 0 Å².